The molecule has 6 nitrogen and oxygen atoms in total. The molecule has 20 heavy (non-hydrogen) atoms. The minimum absolute atomic E-state index is 0.0180. The molecular weight excluding hydrogens is 298 g/mol. The molecule has 0 saturated heterocycles. The van der Waals surface area contributed by atoms with Crippen LogP contribution in [0, 0.1) is 5.92 Å². The largest absolute Gasteiger partial charge is 0.389 e. The summed E-state index contributed by atoms with van der Waals surface area (Å²) in [5, 5.41) is 0. The molecule has 0 saturated carbocycles. The Morgan fingerprint density at radius 1 is 1.20 bits per heavy atom. The predicted molar refractivity (Wildman–Crippen MR) is 80.5 cm³/mol. The van der Waals surface area contributed by atoms with E-state index < -0.39 is 22.0 Å². The van der Waals surface area contributed by atoms with Gasteiger partial charge in [0.2, 0.25) is 15.9 Å². The third-order valence-electron chi connectivity index (χ3n) is 2.70. The topological polar surface area (TPSA) is 115 Å². The predicted octanol–water partition coefficient (Wildman–Crippen LogP) is 0.109. The second-order valence-corrected chi connectivity index (χ2v) is 6.79. The summed E-state index contributed by atoms with van der Waals surface area (Å²) in [6.07, 6.45) is 0. The van der Waals surface area contributed by atoms with E-state index in [1.54, 1.807) is 13.8 Å². The van der Waals surface area contributed by atoms with Gasteiger partial charge in [0, 0.05) is 5.56 Å². The number of primary amides is 1. The number of benzene rings is 1. The SMILES string of the molecule is CC(C)C(NS(=O)(=O)c1ccc(C(N)=S)cc1)C(N)=O. The fourth-order valence-electron chi connectivity index (χ4n) is 1.56. The number of sulfonamides is 1. The Morgan fingerprint density at radius 2 is 1.70 bits per heavy atom. The van der Waals surface area contributed by atoms with Crippen molar-refractivity contribution in [2.75, 3.05) is 0 Å². The Bertz CT molecular complexity index is 609. The zero-order valence-electron chi connectivity index (χ0n) is 11.2. The third-order valence-corrected chi connectivity index (χ3v) is 4.40. The first-order chi connectivity index (χ1) is 9.15. The van der Waals surface area contributed by atoms with Crippen LogP contribution in [-0.4, -0.2) is 25.4 Å². The zero-order valence-corrected chi connectivity index (χ0v) is 12.8. The van der Waals surface area contributed by atoms with E-state index in [-0.39, 0.29) is 15.8 Å². The molecule has 0 fully saturated rings. The van der Waals surface area contributed by atoms with Crippen molar-refractivity contribution in [1.82, 2.24) is 4.72 Å². The molecule has 0 spiro atoms. The third kappa shape index (κ3) is 3.99. The first kappa shape index (κ1) is 16.5. The molecular formula is C12H17N3O3S2. The van der Waals surface area contributed by atoms with Gasteiger partial charge in [0.1, 0.15) is 11.0 Å². The molecule has 5 N–H and O–H groups in total. The lowest BCUT2D eigenvalue weighted by Gasteiger charge is -2.19. The van der Waals surface area contributed by atoms with Gasteiger partial charge in [-0.05, 0) is 18.1 Å². The van der Waals surface area contributed by atoms with E-state index >= 15 is 0 Å². The number of carbonyl (C=O) groups is 1. The van der Waals surface area contributed by atoms with Crippen LogP contribution in [0.15, 0.2) is 29.2 Å². The van der Waals surface area contributed by atoms with Crippen LogP contribution in [0.4, 0.5) is 0 Å². The van der Waals surface area contributed by atoms with Crippen molar-refractivity contribution in [3.63, 3.8) is 0 Å². The van der Waals surface area contributed by atoms with Crippen molar-refractivity contribution in [1.29, 1.82) is 0 Å². The minimum Gasteiger partial charge on any atom is -0.389 e. The van der Waals surface area contributed by atoms with E-state index in [0.29, 0.717) is 5.56 Å². The Balaban J connectivity index is 3.04. The lowest BCUT2D eigenvalue weighted by Crippen LogP contribution is -2.47. The molecule has 0 aromatic heterocycles. The van der Waals surface area contributed by atoms with Crippen LogP contribution in [0.2, 0.25) is 0 Å². The van der Waals surface area contributed by atoms with Crippen LogP contribution in [0.3, 0.4) is 0 Å². The van der Waals surface area contributed by atoms with Gasteiger partial charge in [-0.15, -0.1) is 0 Å². The summed E-state index contributed by atoms with van der Waals surface area (Å²) >= 11 is 4.79. The molecule has 0 heterocycles. The molecule has 1 rings (SSSR count). The van der Waals surface area contributed by atoms with E-state index in [0.717, 1.165) is 0 Å². The van der Waals surface area contributed by atoms with E-state index in [1.807, 2.05) is 0 Å². The van der Waals surface area contributed by atoms with Crippen LogP contribution in [0.25, 0.3) is 0 Å². The molecule has 1 aromatic carbocycles. The van der Waals surface area contributed by atoms with Gasteiger partial charge >= 0.3 is 0 Å². The van der Waals surface area contributed by atoms with Gasteiger partial charge in [-0.3, -0.25) is 4.79 Å². The monoisotopic (exact) mass is 315 g/mol. The van der Waals surface area contributed by atoms with Gasteiger partial charge in [-0.1, -0.05) is 38.2 Å². The lowest BCUT2D eigenvalue weighted by atomic mass is 10.1. The fraction of sp³-hybridized carbons (Fsp3) is 0.333. The van der Waals surface area contributed by atoms with Gasteiger partial charge in [-0.25, -0.2) is 8.42 Å². The summed E-state index contributed by atoms with van der Waals surface area (Å²) in [5.41, 5.74) is 11.2. The summed E-state index contributed by atoms with van der Waals surface area (Å²) < 4.78 is 26.6. The maximum Gasteiger partial charge on any atom is 0.241 e. The minimum atomic E-state index is -3.83. The van der Waals surface area contributed by atoms with E-state index in [9.17, 15) is 13.2 Å². The smallest absolute Gasteiger partial charge is 0.241 e. The molecule has 1 amide bonds. The number of rotatable bonds is 6. The summed E-state index contributed by atoms with van der Waals surface area (Å²) in [7, 11) is -3.83. The zero-order chi connectivity index (χ0) is 15.5. The molecule has 1 atom stereocenters. The number of hydrogen-bond donors (Lipinski definition) is 3. The molecule has 0 aliphatic rings. The van der Waals surface area contributed by atoms with Crippen LogP contribution in [0.5, 0.6) is 0 Å². The van der Waals surface area contributed by atoms with Crippen molar-refractivity contribution in [3.05, 3.63) is 29.8 Å². The quantitative estimate of drug-likeness (QED) is 0.644. The van der Waals surface area contributed by atoms with Gasteiger partial charge in [0.15, 0.2) is 0 Å². The second-order valence-electron chi connectivity index (χ2n) is 4.63. The Kier molecular flexibility index (Phi) is 5.21. The van der Waals surface area contributed by atoms with Crippen molar-refractivity contribution >= 4 is 33.1 Å². The number of thiocarbonyl (C=S) groups is 1. The highest BCUT2D eigenvalue weighted by molar-refractivity contribution is 7.89. The van der Waals surface area contributed by atoms with Crippen molar-refractivity contribution in [2.45, 2.75) is 24.8 Å². The van der Waals surface area contributed by atoms with Crippen molar-refractivity contribution < 1.29 is 13.2 Å². The molecule has 8 heteroatoms. The van der Waals surface area contributed by atoms with Gasteiger partial charge in [0.25, 0.3) is 0 Å². The lowest BCUT2D eigenvalue weighted by molar-refractivity contribution is -0.120. The first-order valence-electron chi connectivity index (χ1n) is 5.86. The maximum absolute atomic E-state index is 12.1. The van der Waals surface area contributed by atoms with Gasteiger partial charge in [-0.2, -0.15) is 4.72 Å². The first-order valence-corrected chi connectivity index (χ1v) is 7.76. The normalized spacial score (nSPS) is 13.2. The van der Waals surface area contributed by atoms with Crippen molar-refractivity contribution in [3.8, 4) is 0 Å². The van der Waals surface area contributed by atoms with Crippen LogP contribution < -0.4 is 16.2 Å². The summed E-state index contributed by atoms with van der Waals surface area (Å²) in [4.78, 5) is 11.5. The van der Waals surface area contributed by atoms with Crippen LogP contribution in [0.1, 0.15) is 19.4 Å². The second kappa shape index (κ2) is 6.29. The number of amides is 1. The molecule has 0 aliphatic heterocycles. The van der Waals surface area contributed by atoms with Crippen molar-refractivity contribution in [2.24, 2.45) is 17.4 Å². The highest BCUT2D eigenvalue weighted by Crippen LogP contribution is 2.13. The fourth-order valence-corrected chi connectivity index (χ4v) is 3.05. The highest BCUT2D eigenvalue weighted by Gasteiger charge is 2.26. The van der Waals surface area contributed by atoms with E-state index in [1.165, 1.54) is 24.3 Å². The Labute approximate surface area is 123 Å². The number of nitrogens with one attached hydrogen (secondary N) is 1. The Morgan fingerprint density at radius 3 is 2.05 bits per heavy atom. The molecule has 110 valence electrons. The molecule has 1 unspecified atom stereocenters. The molecule has 0 aliphatic carbocycles. The standard InChI is InChI=1S/C12H17N3O3S2/c1-7(2)10(11(13)16)15-20(17,18)9-5-3-8(4-6-9)12(14)19/h3-7,10,15H,1-2H3,(H2,13,16)(H2,14,19). The number of nitrogens with two attached hydrogens (primary N) is 2. The summed E-state index contributed by atoms with van der Waals surface area (Å²) in [5.74, 6) is -0.971. The van der Waals surface area contributed by atoms with Gasteiger partial charge in [0.05, 0.1) is 4.90 Å². The average molecular weight is 315 g/mol. The van der Waals surface area contributed by atoms with E-state index in [4.69, 9.17) is 23.7 Å². The summed E-state index contributed by atoms with van der Waals surface area (Å²) in [6.45, 7) is 3.40. The Hall–Kier alpha value is -1.51. The molecule has 0 bridgehead atoms. The van der Waals surface area contributed by atoms with E-state index in [2.05, 4.69) is 4.72 Å². The highest BCUT2D eigenvalue weighted by atomic mass is 32.2. The number of hydrogen-bond acceptors (Lipinski definition) is 4. The number of carbonyl (C=O) groups excluding carboxylic acids is 1. The van der Waals surface area contributed by atoms with Gasteiger partial charge < -0.3 is 11.5 Å². The van der Waals surface area contributed by atoms with Crippen LogP contribution >= 0.6 is 12.2 Å². The average Bonchev–Trinajstić information content (AvgIpc) is 2.35. The molecule has 1 aromatic rings. The maximum atomic E-state index is 12.1. The van der Waals surface area contributed by atoms with Crippen LogP contribution in [-0.2, 0) is 14.8 Å². The summed E-state index contributed by atoms with van der Waals surface area (Å²) in [6, 6.07) is 4.79. The molecule has 0 radical (unpaired) electrons.